The average molecular weight is 188 g/mol. The van der Waals surface area contributed by atoms with Crippen LogP contribution in [0.5, 0.6) is 0 Å². The zero-order valence-electron chi connectivity index (χ0n) is 8.33. The monoisotopic (exact) mass is 188 g/mol. The fourth-order valence-electron chi connectivity index (χ4n) is 0.658. The normalized spacial score (nSPS) is 12.2. The van der Waals surface area contributed by atoms with Crippen LogP contribution in [0.25, 0.3) is 0 Å². The van der Waals surface area contributed by atoms with Gasteiger partial charge < -0.3 is 14.2 Å². The number of carbonyl (C=O) groups is 1. The van der Waals surface area contributed by atoms with E-state index in [2.05, 4.69) is 6.58 Å². The smallest absolute Gasteiger partial charge is 0.335 e. The number of carbonyl (C=O) groups excluding carboxylic acids is 1. The Bertz CT molecular complexity index is 170. The second-order valence-corrected chi connectivity index (χ2v) is 2.53. The molecule has 0 radical (unpaired) electrons. The van der Waals surface area contributed by atoms with E-state index in [1.807, 2.05) is 6.92 Å². The van der Waals surface area contributed by atoms with Crippen LogP contribution in [0.1, 0.15) is 13.8 Å². The molecule has 1 atom stereocenters. The molecule has 0 saturated heterocycles. The quantitative estimate of drug-likeness (QED) is 0.356. The Balaban J connectivity index is 3.93. The number of ether oxygens (including phenoxy) is 3. The number of esters is 1. The highest BCUT2D eigenvalue weighted by molar-refractivity contribution is 5.87. The van der Waals surface area contributed by atoms with Crippen LogP contribution in [0.4, 0.5) is 0 Å². The van der Waals surface area contributed by atoms with Crippen molar-refractivity contribution in [2.45, 2.75) is 20.1 Å². The lowest BCUT2D eigenvalue weighted by Gasteiger charge is -2.16. The van der Waals surface area contributed by atoms with Gasteiger partial charge in [-0.15, -0.1) is 0 Å². The lowest BCUT2D eigenvalue weighted by Crippen LogP contribution is -2.26. The summed E-state index contributed by atoms with van der Waals surface area (Å²) >= 11 is 0. The van der Waals surface area contributed by atoms with Crippen molar-refractivity contribution in [3.05, 3.63) is 12.2 Å². The van der Waals surface area contributed by atoms with Crippen molar-refractivity contribution >= 4 is 5.97 Å². The lowest BCUT2D eigenvalue weighted by atomic mass is 10.4. The molecule has 0 amide bonds. The largest absolute Gasteiger partial charge is 0.430 e. The van der Waals surface area contributed by atoms with E-state index in [4.69, 9.17) is 14.2 Å². The first-order chi connectivity index (χ1) is 6.11. The Kier molecular flexibility index (Phi) is 6.18. The Morgan fingerprint density at radius 3 is 2.54 bits per heavy atom. The molecular formula is C9H16O4. The third-order valence-electron chi connectivity index (χ3n) is 1.24. The molecule has 0 aromatic carbocycles. The fourth-order valence-corrected chi connectivity index (χ4v) is 0.658. The molecule has 0 saturated carbocycles. The van der Waals surface area contributed by atoms with Gasteiger partial charge in [-0.3, -0.25) is 0 Å². The minimum absolute atomic E-state index is 0.229. The van der Waals surface area contributed by atoms with Gasteiger partial charge in [0.05, 0.1) is 0 Å². The van der Waals surface area contributed by atoms with Crippen LogP contribution in [0.2, 0.25) is 0 Å². The van der Waals surface area contributed by atoms with E-state index in [1.165, 1.54) is 7.11 Å². The van der Waals surface area contributed by atoms with Crippen molar-refractivity contribution in [3.8, 4) is 0 Å². The maximum atomic E-state index is 11.0. The summed E-state index contributed by atoms with van der Waals surface area (Å²) in [5.41, 5.74) is 0.348. The van der Waals surface area contributed by atoms with Crippen LogP contribution < -0.4 is 0 Å². The number of hydrogen-bond donors (Lipinski definition) is 0. The molecule has 0 aliphatic heterocycles. The van der Waals surface area contributed by atoms with Crippen LogP contribution in [-0.2, 0) is 19.0 Å². The first kappa shape index (κ1) is 12.1. The summed E-state index contributed by atoms with van der Waals surface area (Å²) in [4.78, 5) is 11.0. The van der Waals surface area contributed by atoms with Gasteiger partial charge in [0.2, 0.25) is 6.29 Å². The minimum Gasteiger partial charge on any atom is -0.430 e. The molecule has 0 aromatic rings. The minimum atomic E-state index is -0.640. The third kappa shape index (κ3) is 5.38. The summed E-state index contributed by atoms with van der Waals surface area (Å²) in [5, 5.41) is 0. The molecule has 0 heterocycles. The molecule has 4 nitrogen and oxygen atoms in total. The van der Waals surface area contributed by atoms with Gasteiger partial charge >= 0.3 is 5.97 Å². The fraction of sp³-hybridized carbons (Fsp3) is 0.667. The van der Waals surface area contributed by atoms with E-state index in [1.54, 1.807) is 6.92 Å². The molecule has 0 bridgehead atoms. The van der Waals surface area contributed by atoms with Crippen LogP contribution in [0, 0.1) is 0 Å². The molecular weight excluding hydrogens is 172 g/mol. The summed E-state index contributed by atoms with van der Waals surface area (Å²) in [5.74, 6) is -0.462. The van der Waals surface area contributed by atoms with Gasteiger partial charge in [0.15, 0.2) is 0 Å². The summed E-state index contributed by atoms with van der Waals surface area (Å²) in [6.07, 6.45) is -0.640. The van der Waals surface area contributed by atoms with E-state index >= 15 is 0 Å². The second kappa shape index (κ2) is 6.62. The Labute approximate surface area is 78.5 Å². The molecule has 4 heteroatoms. The number of rotatable bonds is 6. The predicted molar refractivity (Wildman–Crippen MR) is 48.2 cm³/mol. The molecule has 76 valence electrons. The highest BCUT2D eigenvalue weighted by Crippen LogP contribution is 2.00. The molecule has 0 rings (SSSR count). The van der Waals surface area contributed by atoms with Gasteiger partial charge in [0.25, 0.3) is 0 Å². The van der Waals surface area contributed by atoms with Crippen LogP contribution >= 0.6 is 0 Å². The highest BCUT2D eigenvalue weighted by Gasteiger charge is 2.13. The van der Waals surface area contributed by atoms with E-state index in [-0.39, 0.29) is 6.61 Å². The van der Waals surface area contributed by atoms with Gasteiger partial charge in [-0.1, -0.05) is 6.58 Å². The molecule has 0 aliphatic rings. The van der Waals surface area contributed by atoms with E-state index in [0.29, 0.717) is 12.2 Å². The topological polar surface area (TPSA) is 44.8 Å². The molecule has 0 aliphatic carbocycles. The Morgan fingerprint density at radius 2 is 2.15 bits per heavy atom. The highest BCUT2D eigenvalue weighted by atomic mass is 16.7. The van der Waals surface area contributed by atoms with Crippen molar-refractivity contribution < 1.29 is 19.0 Å². The van der Waals surface area contributed by atoms with Crippen molar-refractivity contribution in [2.75, 3.05) is 20.3 Å². The third-order valence-corrected chi connectivity index (χ3v) is 1.24. The Morgan fingerprint density at radius 1 is 1.54 bits per heavy atom. The van der Waals surface area contributed by atoms with Crippen LogP contribution in [-0.4, -0.2) is 32.6 Å². The van der Waals surface area contributed by atoms with Gasteiger partial charge in [0, 0.05) is 19.3 Å². The summed E-state index contributed by atoms with van der Waals surface area (Å²) in [6, 6.07) is 0. The summed E-state index contributed by atoms with van der Waals surface area (Å²) < 4.78 is 14.8. The van der Waals surface area contributed by atoms with Crippen LogP contribution in [0.15, 0.2) is 12.2 Å². The van der Waals surface area contributed by atoms with Gasteiger partial charge in [-0.2, -0.15) is 0 Å². The zero-order valence-corrected chi connectivity index (χ0v) is 8.33. The van der Waals surface area contributed by atoms with Crippen LogP contribution in [0.3, 0.4) is 0 Å². The lowest BCUT2D eigenvalue weighted by molar-refractivity contribution is -0.183. The molecule has 0 aromatic heterocycles. The van der Waals surface area contributed by atoms with Crippen molar-refractivity contribution in [2.24, 2.45) is 0 Å². The average Bonchev–Trinajstić information content (AvgIpc) is 2.05. The standard InChI is InChI=1S/C9H16O4/c1-5-12-8(6-11-4)13-9(10)7(2)3/h8H,2,5-6H2,1,3-4H3. The van der Waals surface area contributed by atoms with E-state index in [0.717, 1.165) is 0 Å². The Hall–Kier alpha value is -0.870. The maximum Gasteiger partial charge on any atom is 0.335 e. The maximum absolute atomic E-state index is 11.0. The number of methoxy groups -OCH3 is 1. The first-order valence-electron chi connectivity index (χ1n) is 4.08. The molecule has 13 heavy (non-hydrogen) atoms. The number of hydrogen-bond acceptors (Lipinski definition) is 4. The van der Waals surface area contributed by atoms with Gasteiger partial charge in [0.1, 0.15) is 6.61 Å². The molecule has 1 unspecified atom stereocenters. The SMILES string of the molecule is C=C(C)C(=O)OC(COC)OCC. The molecule has 0 N–H and O–H groups in total. The van der Waals surface area contributed by atoms with E-state index in [9.17, 15) is 4.79 Å². The molecule has 0 fully saturated rings. The first-order valence-corrected chi connectivity index (χ1v) is 4.08. The van der Waals surface area contributed by atoms with Gasteiger partial charge in [-0.25, -0.2) is 4.79 Å². The zero-order chi connectivity index (χ0) is 10.3. The predicted octanol–water partition coefficient (Wildman–Crippen LogP) is 1.11. The summed E-state index contributed by atoms with van der Waals surface area (Å²) in [7, 11) is 1.51. The summed E-state index contributed by atoms with van der Waals surface area (Å²) in [6.45, 7) is 7.55. The van der Waals surface area contributed by atoms with Crippen molar-refractivity contribution in [1.29, 1.82) is 0 Å². The van der Waals surface area contributed by atoms with Gasteiger partial charge in [-0.05, 0) is 13.8 Å². The van der Waals surface area contributed by atoms with Crippen molar-refractivity contribution in [3.63, 3.8) is 0 Å². The van der Waals surface area contributed by atoms with Crippen molar-refractivity contribution in [1.82, 2.24) is 0 Å². The second-order valence-electron chi connectivity index (χ2n) is 2.53. The van der Waals surface area contributed by atoms with E-state index < -0.39 is 12.3 Å². The molecule has 0 spiro atoms.